The van der Waals surface area contributed by atoms with Crippen molar-refractivity contribution in [3.8, 4) is 11.3 Å². The highest BCUT2D eigenvalue weighted by molar-refractivity contribution is 6.47. The molecule has 1 aliphatic rings. The van der Waals surface area contributed by atoms with E-state index in [0.717, 1.165) is 29.7 Å². The molecule has 0 saturated carbocycles. The third kappa shape index (κ3) is 4.81. The summed E-state index contributed by atoms with van der Waals surface area (Å²) in [6, 6.07) is 7.29. The zero-order chi connectivity index (χ0) is 24.4. The number of hydrogen-bond acceptors (Lipinski definition) is 7. The van der Waals surface area contributed by atoms with Gasteiger partial charge >= 0.3 is 0 Å². The average Bonchev–Trinajstić information content (AvgIpc) is 3.26. The molecular weight excluding hydrogens is 432 g/mol. The normalized spacial score (nSPS) is 15.2. The minimum atomic E-state index is -0.555. The summed E-state index contributed by atoms with van der Waals surface area (Å²) < 4.78 is 0. The van der Waals surface area contributed by atoms with Crippen molar-refractivity contribution in [2.45, 2.75) is 13.8 Å². The van der Waals surface area contributed by atoms with Crippen LogP contribution in [0.2, 0.25) is 0 Å². The summed E-state index contributed by atoms with van der Waals surface area (Å²) in [5.41, 5.74) is 9.46. The maximum Gasteiger partial charge on any atom is 0.273 e. The second-order valence-electron chi connectivity index (χ2n) is 8.51. The van der Waals surface area contributed by atoms with Gasteiger partial charge in [0, 0.05) is 54.7 Å². The number of carbonyl (C=O) groups excluding carboxylic acids is 2. The van der Waals surface area contributed by atoms with Crippen LogP contribution in [-0.2, 0) is 4.79 Å². The fourth-order valence-corrected chi connectivity index (χ4v) is 3.69. The number of nitrogens with two attached hydrogens (primary N) is 1. The Morgan fingerprint density at radius 1 is 1.12 bits per heavy atom. The van der Waals surface area contributed by atoms with Crippen molar-refractivity contribution in [1.82, 2.24) is 24.8 Å². The lowest BCUT2D eigenvalue weighted by Gasteiger charge is -2.32. The molecule has 0 unspecified atom stereocenters. The fourth-order valence-electron chi connectivity index (χ4n) is 3.69. The Hall–Kier alpha value is -4.05. The molecule has 3 aromatic heterocycles. The number of piperazine rings is 1. The first-order valence-corrected chi connectivity index (χ1v) is 11.0. The van der Waals surface area contributed by atoms with Crippen molar-refractivity contribution in [3.05, 3.63) is 53.6 Å². The van der Waals surface area contributed by atoms with Gasteiger partial charge < -0.3 is 25.8 Å². The first kappa shape index (κ1) is 23.1. The molecule has 1 aliphatic heterocycles. The SMILES string of the molecule is C/C(N)=C(\C)C(=N)C(=O)Nc1cnc2[nH]c(-c3ccnc(C(=O)N4CCN(C)CC4)c3)cc2c1. The van der Waals surface area contributed by atoms with E-state index >= 15 is 0 Å². The Morgan fingerprint density at radius 2 is 1.85 bits per heavy atom. The van der Waals surface area contributed by atoms with Gasteiger partial charge in [0.25, 0.3) is 11.8 Å². The monoisotopic (exact) mass is 460 g/mol. The van der Waals surface area contributed by atoms with Crippen LogP contribution in [0, 0.1) is 5.41 Å². The number of allylic oxidation sites excluding steroid dienone is 1. The van der Waals surface area contributed by atoms with E-state index in [1.165, 1.54) is 6.20 Å². The van der Waals surface area contributed by atoms with Crippen molar-refractivity contribution in [2.75, 3.05) is 38.5 Å². The summed E-state index contributed by atoms with van der Waals surface area (Å²) in [4.78, 5) is 41.2. The lowest BCUT2D eigenvalue weighted by Crippen LogP contribution is -2.47. The third-order valence-electron chi connectivity index (χ3n) is 6.00. The lowest BCUT2D eigenvalue weighted by atomic mass is 10.1. The zero-order valence-electron chi connectivity index (χ0n) is 19.5. The van der Waals surface area contributed by atoms with E-state index in [-0.39, 0.29) is 11.6 Å². The zero-order valence-corrected chi connectivity index (χ0v) is 19.5. The number of fused-ring (bicyclic) bond motifs is 1. The van der Waals surface area contributed by atoms with Crippen LogP contribution >= 0.6 is 0 Å². The van der Waals surface area contributed by atoms with Crippen molar-refractivity contribution < 1.29 is 9.59 Å². The molecule has 176 valence electrons. The van der Waals surface area contributed by atoms with E-state index in [2.05, 4.69) is 25.2 Å². The number of H-pyrrole nitrogens is 1. The smallest absolute Gasteiger partial charge is 0.273 e. The predicted molar refractivity (Wildman–Crippen MR) is 132 cm³/mol. The van der Waals surface area contributed by atoms with Gasteiger partial charge in [-0.05, 0) is 50.7 Å². The van der Waals surface area contributed by atoms with Crippen molar-refractivity contribution >= 4 is 34.2 Å². The number of likely N-dealkylation sites (N-methyl/N-ethyl adjacent to an activating group) is 1. The molecule has 10 heteroatoms. The van der Waals surface area contributed by atoms with Crippen LogP contribution in [0.4, 0.5) is 5.69 Å². The number of pyridine rings is 2. The van der Waals surface area contributed by atoms with E-state index in [0.29, 0.717) is 41.4 Å². The van der Waals surface area contributed by atoms with E-state index in [1.807, 2.05) is 24.1 Å². The van der Waals surface area contributed by atoms with Gasteiger partial charge in [-0.25, -0.2) is 4.98 Å². The van der Waals surface area contributed by atoms with Crippen LogP contribution in [0.15, 0.2) is 47.9 Å². The Morgan fingerprint density at radius 3 is 2.56 bits per heavy atom. The highest BCUT2D eigenvalue weighted by Gasteiger charge is 2.22. The van der Waals surface area contributed by atoms with E-state index < -0.39 is 5.91 Å². The summed E-state index contributed by atoms with van der Waals surface area (Å²) in [6.07, 6.45) is 3.15. The second kappa shape index (κ2) is 9.44. The lowest BCUT2D eigenvalue weighted by molar-refractivity contribution is -0.110. The Bertz CT molecular complexity index is 1300. The second-order valence-corrected chi connectivity index (χ2v) is 8.51. The molecule has 0 atom stereocenters. The Kier molecular flexibility index (Phi) is 6.42. The molecule has 0 aromatic carbocycles. The largest absolute Gasteiger partial charge is 0.402 e. The molecule has 0 bridgehead atoms. The van der Waals surface area contributed by atoms with Crippen LogP contribution in [0.1, 0.15) is 24.3 Å². The summed E-state index contributed by atoms with van der Waals surface area (Å²) in [5, 5.41) is 11.5. The molecule has 0 radical (unpaired) electrons. The number of hydrogen-bond donors (Lipinski definition) is 4. The Labute approximate surface area is 197 Å². The average molecular weight is 461 g/mol. The minimum Gasteiger partial charge on any atom is -0.402 e. The molecule has 1 saturated heterocycles. The third-order valence-corrected chi connectivity index (χ3v) is 6.00. The Balaban J connectivity index is 1.54. The summed E-state index contributed by atoms with van der Waals surface area (Å²) in [6.45, 7) is 6.34. The molecule has 0 spiro atoms. The summed E-state index contributed by atoms with van der Waals surface area (Å²) in [5.74, 6) is -0.630. The molecule has 2 amide bonds. The number of nitrogens with zero attached hydrogens (tertiary/aromatic N) is 4. The standard InChI is InChI=1S/C24H28N8O2/c1-14(15(2)25)21(26)23(33)29-18-10-17-12-19(30-22(17)28-13-18)16-4-5-27-20(11-16)24(34)32-8-6-31(3)7-9-32/h4-5,10-13,26H,6-9,25H2,1-3H3,(H,28,30)(H,29,33)/b15-14-,26-21?. The van der Waals surface area contributed by atoms with E-state index in [9.17, 15) is 9.59 Å². The highest BCUT2D eigenvalue weighted by Crippen LogP contribution is 2.25. The van der Waals surface area contributed by atoms with Crippen molar-refractivity contribution in [1.29, 1.82) is 5.41 Å². The maximum absolute atomic E-state index is 12.9. The van der Waals surface area contributed by atoms with Gasteiger partial charge in [0.2, 0.25) is 0 Å². The number of carbonyl (C=O) groups is 2. The van der Waals surface area contributed by atoms with Gasteiger partial charge in [0.05, 0.1) is 11.9 Å². The van der Waals surface area contributed by atoms with Crippen molar-refractivity contribution in [2.24, 2.45) is 5.73 Å². The summed E-state index contributed by atoms with van der Waals surface area (Å²) >= 11 is 0. The molecule has 10 nitrogen and oxygen atoms in total. The number of rotatable bonds is 5. The van der Waals surface area contributed by atoms with Gasteiger partial charge in [-0.1, -0.05) is 0 Å². The van der Waals surface area contributed by atoms with Crippen LogP contribution in [0.5, 0.6) is 0 Å². The quantitative estimate of drug-likeness (QED) is 0.430. The van der Waals surface area contributed by atoms with Gasteiger partial charge in [0.15, 0.2) is 0 Å². The van der Waals surface area contributed by atoms with Gasteiger partial charge in [-0.3, -0.25) is 20.0 Å². The van der Waals surface area contributed by atoms with E-state index in [1.54, 1.807) is 32.2 Å². The number of amides is 2. The van der Waals surface area contributed by atoms with Gasteiger partial charge in [-0.15, -0.1) is 0 Å². The maximum atomic E-state index is 12.9. The van der Waals surface area contributed by atoms with Crippen LogP contribution in [0.25, 0.3) is 22.3 Å². The van der Waals surface area contributed by atoms with E-state index in [4.69, 9.17) is 11.1 Å². The molecule has 1 fully saturated rings. The number of anilines is 1. The van der Waals surface area contributed by atoms with Crippen LogP contribution in [-0.4, -0.2) is 75.5 Å². The molecule has 4 heterocycles. The van der Waals surface area contributed by atoms with Gasteiger partial charge in [-0.2, -0.15) is 0 Å². The molecule has 5 N–H and O–H groups in total. The summed E-state index contributed by atoms with van der Waals surface area (Å²) in [7, 11) is 2.05. The molecule has 3 aromatic rings. The van der Waals surface area contributed by atoms with Crippen molar-refractivity contribution in [3.63, 3.8) is 0 Å². The number of nitrogens with one attached hydrogen (secondary N) is 3. The molecular formula is C24H28N8O2. The molecule has 0 aliphatic carbocycles. The first-order chi connectivity index (χ1) is 16.2. The minimum absolute atomic E-state index is 0.0753. The topological polar surface area (TPSA) is 144 Å². The van der Waals surface area contributed by atoms with Gasteiger partial charge in [0.1, 0.15) is 17.1 Å². The predicted octanol–water partition coefficient (Wildman–Crippen LogP) is 2.22. The molecule has 34 heavy (non-hydrogen) atoms. The van der Waals surface area contributed by atoms with Crippen LogP contribution in [0.3, 0.4) is 0 Å². The fraction of sp³-hybridized carbons (Fsp3) is 0.292. The molecule has 4 rings (SSSR count). The number of aromatic amines is 1. The highest BCUT2D eigenvalue weighted by atomic mass is 16.2. The van der Waals surface area contributed by atoms with Crippen LogP contribution < -0.4 is 11.1 Å². The number of aromatic nitrogens is 3. The first-order valence-electron chi connectivity index (χ1n) is 11.0.